The fraction of sp³-hybridized carbons (Fsp3) is 0.353. The number of fused-ring (bicyclic) bond motifs is 1. The molecule has 44 heavy (non-hydrogen) atoms. The SMILES string of the molecule is C=CC(=O)N1C[C@H](C)N(c2nc(=O)n(-c3c(C(C)C)ncnc3C(C)C)c3nc(-c4ccccc4C=C)c(Cl)cc23)[C@@H](C)C1. The van der Waals surface area contributed by atoms with Crippen LogP contribution in [-0.2, 0) is 4.79 Å². The molecule has 1 aliphatic heterocycles. The Kier molecular flexibility index (Phi) is 8.70. The number of aromatic nitrogens is 5. The van der Waals surface area contributed by atoms with Gasteiger partial charge in [-0.1, -0.05) is 82.8 Å². The predicted octanol–water partition coefficient (Wildman–Crippen LogP) is 6.39. The Morgan fingerprint density at radius 1 is 1.00 bits per heavy atom. The minimum absolute atomic E-state index is 0.00379. The van der Waals surface area contributed by atoms with Crippen LogP contribution in [-0.4, -0.2) is 60.5 Å². The number of rotatable bonds is 7. The molecule has 1 amide bonds. The molecule has 228 valence electrons. The summed E-state index contributed by atoms with van der Waals surface area (Å²) < 4.78 is 1.55. The standard InChI is InChI=1S/C34H38ClN7O2/c1-9-23-13-11-12-14-24(23)30-26(35)15-25-32(38-30)42(31-28(19(3)4)36-18-37-29(31)20(5)6)34(44)39-33(25)41-21(7)16-40(17-22(41)8)27(43)10-2/h9-15,18-22H,1-2,16-17H2,3-8H3/t21-,22-/m0/s1. The second-order valence-electron chi connectivity index (χ2n) is 11.9. The summed E-state index contributed by atoms with van der Waals surface area (Å²) in [4.78, 5) is 49.8. The number of carbonyl (C=O) groups excluding carboxylic acids is 1. The van der Waals surface area contributed by atoms with Crippen molar-refractivity contribution < 1.29 is 4.79 Å². The molecular weight excluding hydrogens is 574 g/mol. The third kappa shape index (κ3) is 5.41. The second kappa shape index (κ2) is 12.3. The van der Waals surface area contributed by atoms with E-state index >= 15 is 0 Å². The smallest absolute Gasteiger partial charge is 0.347 e. The number of carbonyl (C=O) groups is 1. The predicted molar refractivity (Wildman–Crippen MR) is 178 cm³/mol. The Balaban J connectivity index is 1.88. The van der Waals surface area contributed by atoms with Gasteiger partial charge in [0.05, 0.1) is 33.2 Å². The van der Waals surface area contributed by atoms with E-state index in [-0.39, 0.29) is 29.8 Å². The van der Waals surface area contributed by atoms with Crippen molar-refractivity contribution in [3.8, 4) is 16.9 Å². The van der Waals surface area contributed by atoms with Gasteiger partial charge in [0.25, 0.3) is 0 Å². The van der Waals surface area contributed by atoms with Crippen LogP contribution in [0.5, 0.6) is 0 Å². The van der Waals surface area contributed by atoms with Gasteiger partial charge >= 0.3 is 5.69 Å². The maximum absolute atomic E-state index is 14.3. The number of amides is 1. The molecule has 4 aromatic rings. The molecule has 0 saturated carbocycles. The highest BCUT2D eigenvalue weighted by atomic mass is 35.5. The Hall–Kier alpha value is -4.37. The van der Waals surface area contributed by atoms with Crippen molar-refractivity contribution in [2.45, 2.75) is 65.5 Å². The minimum atomic E-state index is -0.493. The van der Waals surface area contributed by atoms with E-state index in [1.807, 2.05) is 71.9 Å². The van der Waals surface area contributed by atoms with Crippen molar-refractivity contribution in [3.63, 3.8) is 0 Å². The summed E-state index contributed by atoms with van der Waals surface area (Å²) in [5, 5.41) is 1.03. The molecule has 0 N–H and O–H groups in total. The monoisotopic (exact) mass is 611 g/mol. The lowest BCUT2D eigenvalue weighted by molar-refractivity contribution is -0.127. The molecule has 0 radical (unpaired) electrons. The maximum atomic E-state index is 14.3. The van der Waals surface area contributed by atoms with E-state index in [2.05, 4.69) is 28.0 Å². The molecule has 1 saturated heterocycles. The fourth-order valence-electron chi connectivity index (χ4n) is 6.11. The molecule has 1 aromatic carbocycles. The third-order valence-electron chi connectivity index (χ3n) is 8.08. The summed E-state index contributed by atoms with van der Waals surface area (Å²) >= 11 is 7.02. The Morgan fingerprint density at radius 2 is 1.61 bits per heavy atom. The van der Waals surface area contributed by atoms with E-state index in [0.29, 0.717) is 46.3 Å². The summed E-state index contributed by atoms with van der Waals surface area (Å²) in [5.41, 5.74) is 4.14. The van der Waals surface area contributed by atoms with Gasteiger partial charge in [-0.25, -0.2) is 24.3 Å². The summed E-state index contributed by atoms with van der Waals surface area (Å²) in [5.74, 6) is 0.337. The van der Waals surface area contributed by atoms with Crippen LogP contribution in [0, 0.1) is 0 Å². The van der Waals surface area contributed by atoms with Crippen LogP contribution in [0.15, 0.2) is 60.7 Å². The number of pyridine rings is 1. The highest BCUT2D eigenvalue weighted by Crippen LogP contribution is 2.38. The van der Waals surface area contributed by atoms with Crippen molar-refractivity contribution in [1.29, 1.82) is 0 Å². The number of anilines is 1. The lowest BCUT2D eigenvalue weighted by Crippen LogP contribution is -2.58. The van der Waals surface area contributed by atoms with Gasteiger partial charge < -0.3 is 9.80 Å². The van der Waals surface area contributed by atoms with E-state index in [4.69, 9.17) is 21.6 Å². The Bertz CT molecular complexity index is 1790. The van der Waals surface area contributed by atoms with Gasteiger partial charge in [0, 0.05) is 30.7 Å². The number of benzene rings is 1. The molecule has 0 aliphatic carbocycles. The highest BCUT2D eigenvalue weighted by molar-refractivity contribution is 6.34. The zero-order chi connectivity index (χ0) is 31.9. The number of piperazine rings is 1. The molecule has 2 atom stereocenters. The van der Waals surface area contributed by atoms with Crippen LogP contribution < -0.4 is 10.6 Å². The van der Waals surface area contributed by atoms with E-state index in [1.54, 1.807) is 21.9 Å². The van der Waals surface area contributed by atoms with Gasteiger partial charge in [-0.3, -0.25) is 4.79 Å². The van der Waals surface area contributed by atoms with Gasteiger partial charge in [0.15, 0.2) is 5.65 Å². The average Bonchev–Trinajstić information content (AvgIpc) is 2.99. The Labute approximate surface area is 263 Å². The second-order valence-corrected chi connectivity index (χ2v) is 12.3. The van der Waals surface area contributed by atoms with Gasteiger partial charge in [0.2, 0.25) is 5.91 Å². The molecule has 5 rings (SSSR count). The first-order chi connectivity index (χ1) is 21.0. The van der Waals surface area contributed by atoms with E-state index in [9.17, 15) is 9.59 Å². The number of halogens is 1. The van der Waals surface area contributed by atoms with Crippen LogP contribution in [0.4, 0.5) is 5.82 Å². The molecule has 3 aromatic heterocycles. The van der Waals surface area contributed by atoms with Crippen molar-refractivity contribution in [2.24, 2.45) is 0 Å². The molecule has 0 unspecified atom stereocenters. The van der Waals surface area contributed by atoms with Crippen molar-refractivity contribution in [1.82, 2.24) is 29.4 Å². The van der Waals surface area contributed by atoms with E-state index in [0.717, 1.165) is 22.5 Å². The minimum Gasteiger partial charge on any atom is -0.347 e. The zero-order valence-corrected chi connectivity index (χ0v) is 26.8. The van der Waals surface area contributed by atoms with Gasteiger partial charge in [-0.15, -0.1) is 0 Å². The molecule has 10 heteroatoms. The van der Waals surface area contributed by atoms with Crippen LogP contribution in [0.2, 0.25) is 5.02 Å². The first kappa shape index (κ1) is 31.1. The highest BCUT2D eigenvalue weighted by Gasteiger charge is 2.35. The molecule has 0 spiro atoms. The lowest BCUT2D eigenvalue weighted by atomic mass is 10.0. The Morgan fingerprint density at radius 3 is 2.18 bits per heavy atom. The van der Waals surface area contributed by atoms with Crippen molar-refractivity contribution in [3.05, 3.63) is 88.4 Å². The lowest BCUT2D eigenvalue weighted by Gasteiger charge is -2.45. The largest absolute Gasteiger partial charge is 0.355 e. The van der Waals surface area contributed by atoms with Crippen molar-refractivity contribution in [2.75, 3.05) is 18.0 Å². The third-order valence-corrected chi connectivity index (χ3v) is 8.37. The quantitative estimate of drug-likeness (QED) is 0.223. The van der Waals surface area contributed by atoms with Crippen LogP contribution in [0.25, 0.3) is 34.1 Å². The molecule has 9 nitrogen and oxygen atoms in total. The molecule has 4 heterocycles. The van der Waals surface area contributed by atoms with Crippen LogP contribution in [0.3, 0.4) is 0 Å². The van der Waals surface area contributed by atoms with Crippen molar-refractivity contribution >= 4 is 40.4 Å². The topological polar surface area (TPSA) is 97.1 Å². The zero-order valence-electron chi connectivity index (χ0n) is 26.1. The summed E-state index contributed by atoms with van der Waals surface area (Å²) in [6.45, 7) is 20.7. The van der Waals surface area contributed by atoms with Gasteiger partial charge in [0.1, 0.15) is 12.1 Å². The molecule has 1 fully saturated rings. The number of nitrogens with zero attached hydrogens (tertiary/aromatic N) is 7. The first-order valence-corrected chi connectivity index (χ1v) is 15.3. The number of hydrogen-bond donors (Lipinski definition) is 0. The average molecular weight is 612 g/mol. The number of hydrogen-bond acceptors (Lipinski definition) is 7. The molecule has 0 bridgehead atoms. The normalized spacial score (nSPS) is 17.0. The summed E-state index contributed by atoms with van der Waals surface area (Å²) in [6.07, 6.45) is 4.64. The van der Waals surface area contributed by atoms with E-state index < -0.39 is 5.69 Å². The van der Waals surface area contributed by atoms with E-state index in [1.165, 1.54) is 6.08 Å². The summed E-state index contributed by atoms with van der Waals surface area (Å²) in [7, 11) is 0. The molecule has 1 aliphatic rings. The van der Waals surface area contributed by atoms with Crippen LogP contribution >= 0.6 is 11.6 Å². The molecular formula is C34H38ClN7O2. The first-order valence-electron chi connectivity index (χ1n) is 14.9. The summed E-state index contributed by atoms with van der Waals surface area (Å²) in [6, 6.07) is 9.27. The fourth-order valence-corrected chi connectivity index (χ4v) is 6.37. The van der Waals surface area contributed by atoms with Gasteiger partial charge in [-0.2, -0.15) is 4.98 Å². The van der Waals surface area contributed by atoms with Gasteiger partial charge in [-0.05, 0) is 43.4 Å². The maximum Gasteiger partial charge on any atom is 0.355 e. The van der Waals surface area contributed by atoms with Crippen LogP contribution in [0.1, 0.15) is 70.3 Å².